The molecule has 25 heavy (non-hydrogen) atoms. The van der Waals surface area contributed by atoms with Crippen molar-refractivity contribution in [1.29, 1.82) is 0 Å². The number of rotatable bonds is 8. The summed E-state index contributed by atoms with van der Waals surface area (Å²) in [5.74, 6) is 3.88. The summed E-state index contributed by atoms with van der Waals surface area (Å²) >= 11 is 0. The van der Waals surface area contributed by atoms with Crippen LogP contribution in [-0.2, 0) is 4.74 Å². The van der Waals surface area contributed by atoms with Gasteiger partial charge in [0.25, 0.3) is 0 Å². The van der Waals surface area contributed by atoms with Gasteiger partial charge in [0, 0.05) is 31.7 Å². The van der Waals surface area contributed by atoms with Crippen molar-refractivity contribution in [3.8, 4) is 0 Å². The Morgan fingerprint density at radius 3 is 2.76 bits per heavy atom. The minimum atomic E-state index is 0. The van der Waals surface area contributed by atoms with Crippen molar-refractivity contribution in [1.82, 2.24) is 10.6 Å². The molecule has 3 N–H and O–H groups in total. The predicted molar refractivity (Wildman–Crippen MR) is 113 cm³/mol. The van der Waals surface area contributed by atoms with Gasteiger partial charge in [-0.15, -0.1) is 24.0 Å². The highest BCUT2D eigenvalue weighted by Crippen LogP contribution is 2.49. The Morgan fingerprint density at radius 2 is 2.16 bits per heavy atom. The molecular formula is C19H36IN3O2. The Balaban J connectivity index is 0.00000225. The molecule has 2 saturated carbocycles. The van der Waals surface area contributed by atoms with Gasteiger partial charge in [-0.1, -0.05) is 6.42 Å². The first kappa shape index (κ1) is 21.2. The molecule has 2 aliphatic carbocycles. The molecule has 0 aromatic carbocycles. The maximum absolute atomic E-state index is 9.34. The number of aliphatic imine (C=N–C) groups is 1. The second-order valence-corrected chi connectivity index (χ2v) is 8.12. The number of hydrogen-bond acceptors (Lipinski definition) is 3. The Morgan fingerprint density at radius 1 is 1.28 bits per heavy atom. The molecular weight excluding hydrogens is 429 g/mol. The minimum absolute atomic E-state index is 0. The molecule has 146 valence electrons. The predicted octanol–water partition coefficient (Wildman–Crippen LogP) is 2.77. The highest BCUT2D eigenvalue weighted by molar-refractivity contribution is 14.0. The van der Waals surface area contributed by atoms with E-state index in [1.54, 1.807) is 0 Å². The van der Waals surface area contributed by atoms with E-state index >= 15 is 0 Å². The van der Waals surface area contributed by atoms with E-state index in [2.05, 4.69) is 17.6 Å². The zero-order valence-corrected chi connectivity index (χ0v) is 18.0. The Kier molecular flexibility index (Phi) is 8.75. The summed E-state index contributed by atoms with van der Waals surface area (Å²) in [5, 5.41) is 16.2. The third-order valence-electron chi connectivity index (χ3n) is 6.44. The molecule has 6 heteroatoms. The van der Waals surface area contributed by atoms with Gasteiger partial charge in [-0.2, -0.15) is 0 Å². The van der Waals surface area contributed by atoms with E-state index in [0.717, 1.165) is 69.4 Å². The van der Waals surface area contributed by atoms with Crippen LogP contribution in [0, 0.1) is 23.2 Å². The summed E-state index contributed by atoms with van der Waals surface area (Å²) in [6, 6.07) is 0. The Bertz CT molecular complexity index is 427. The number of aliphatic hydroxyl groups excluding tert-OH is 1. The molecule has 1 saturated heterocycles. The molecule has 0 aromatic heterocycles. The number of nitrogens with zero attached hydrogens (tertiary/aromatic N) is 1. The molecule has 1 heterocycles. The topological polar surface area (TPSA) is 65.9 Å². The van der Waals surface area contributed by atoms with Crippen LogP contribution in [0.3, 0.4) is 0 Å². The van der Waals surface area contributed by atoms with E-state index in [9.17, 15) is 5.11 Å². The van der Waals surface area contributed by atoms with Crippen molar-refractivity contribution >= 4 is 29.9 Å². The molecule has 0 spiro atoms. The van der Waals surface area contributed by atoms with E-state index in [1.807, 2.05) is 0 Å². The summed E-state index contributed by atoms with van der Waals surface area (Å²) in [6.07, 6.45) is 8.94. The van der Waals surface area contributed by atoms with E-state index in [4.69, 9.17) is 9.73 Å². The van der Waals surface area contributed by atoms with Crippen LogP contribution in [0.5, 0.6) is 0 Å². The lowest BCUT2D eigenvalue weighted by Crippen LogP contribution is -2.40. The van der Waals surface area contributed by atoms with Crippen LogP contribution < -0.4 is 10.6 Å². The number of ether oxygens (including phenoxy) is 1. The number of fused-ring (bicyclic) bond motifs is 2. The molecule has 3 rings (SSSR count). The second kappa shape index (κ2) is 10.3. The van der Waals surface area contributed by atoms with E-state index in [0.29, 0.717) is 0 Å². The molecule has 3 aliphatic rings. The second-order valence-electron chi connectivity index (χ2n) is 8.12. The number of nitrogens with one attached hydrogen (secondary N) is 2. The number of aliphatic hydroxyl groups is 1. The van der Waals surface area contributed by atoms with Crippen molar-refractivity contribution < 1.29 is 9.84 Å². The van der Waals surface area contributed by atoms with Crippen LogP contribution in [0.2, 0.25) is 0 Å². The van der Waals surface area contributed by atoms with Crippen LogP contribution in [0.1, 0.15) is 51.9 Å². The Labute approximate surface area is 169 Å². The zero-order chi connectivity index (χ0) is 16.8. The number of guanidine groups is 1. The third-order valence-corrected chi connectivity index (χ3v) is 6.44. The lowest BCUT2D eigenvalue weighted by atomic mass is 9.84. The standard InChI is InChI=1S/C19H35N3O2.HI/c1-2-20-18(22-13-19(6-9-23)7-10-24-14-19)21-8-5-17-12-15-3-4-16(17)11-15;/h15-17,23H,2-14H2,1H3,(H2,20,21,22);1H. The average Bonchev–Trinajstić information content (AvgIpc) is 3.30. The zero-order valence-electron chi connectivity index (χ0n) is 15.6. The quantitative estimate of drug-likeness (QED) is 0.293. The van der Waals surface area contributed by atoms with Gasteiger partial charge < -0.3 is 20.5 Å². The summed E-state index contributed by atoms with van der Waals surface area (Å²) in [6.45, 7) is 6.47. The molecule has 0 amide bonds. The van der Waals surface area contributed by atoms with Crippen molar-refractivity contribution in [3.63, 3.8) is 0 Å². The van der Waals surface area contributed by atoms with Crippen LogP contribution >= 0.6 is 24.0 Å². The van der Waals surface area contributed by atoms with Crippen molar-refractivity contribution in [2.75, 3.05) is 39.5 Å². The average molecular weight is 465 g/mol. The third kappa shape index (κ3) is 5.70. The van der Waals surface area contributed by atoms with Gasteiger partial charge in [0.15, 0.2) is 5.96 Å². The lowest BCUT2D eigenvalue weighted by molar-refractivity contribution is 0.131. The fraction of sp³-hybridized carbons (Fsp3) is 0.947. The number of hydrogen-bond donors (Lipinski definition) is 3. The normalized spacial score (nSPS) is 34.2. The summed E-state index contributed by atoms with van der Waals surface area (Å²) in [4.78, 5) is 4.80. The van der Waals surface area contributed by atoms with Gasteiger partial charge in [-0.25, -0.2) is 0 Å². The molecule has 0 aromatic rings. The molecule has 3 fully saturated rings. The molecule has 5 nitrogen and oxygen atoms in total. The van der Waals surface area contributed by atoms with Crippen LogP contribution in [0.25, 0.3) is 0 Å². The first-order valence-electron chi connectivity index (χ1n) is 9.95. The fourth-order valence-corrected chi connectivity index (χ4v) is 4.98. The van der Waals surface area contributed by atoms with Gasteiger partial charge in [0.2, 0.25) is 0 Å². The van der Waals surface area contributed by atoms with Crippen molar-refractivity contribution in [3.05, 3.63) is 0 Å². The van der Waals surface area contributed by atoms with Gasteiger partial charge in [-0.3, -0.25) is 4.99 Å². The van der Waals surface area contributed by atoms with Crippen LogP contribution in [0.4, 0.5) is 0 Å². The molecule has 0 radical (unpaired) electrons. The van der Waals surface area contributed by atoms with Crippen molar-refractivity contribution in [2.24, 2.45) is 28.2 Å². The lowest BCUT2D eigenvalue weighted by Gasteiger charge is -2.25. The smallest absolute Gasteiger partial charge is 0.191 e. The van der Waals surface area contributed by atoms with Crippen LogP contribution in [-0.4, -0.2) is 50.5 Å². The maximum atomic E-state index is 9.34. The SMILES string of the molecule is CCNC(=NCC1(CCO)CCOC1)NCCC1CC2CCC1C2.I. The number of halogens is 1. The first-order chi connectivity index (χ1) is 11.7. The summed E-state index contributed by atoms with van der Waals surface area (Å²) in [5.41, 5.74) is 0.0295. The Hall–Kier alpha value is -0.0800. The largest absolute Gasteiger partial charge is 0.396 e. The summed E-state index contributed by atoms with van der Waals surface area (Å²) in [7, 11) is 0. The highest BCUT2D eigenvalue weighted by atomic mass is 127. The first-order valence-corrected chi connectivity index (χ1v) is 9.95. The highest BCUT2D eigenvalue weighted by Gasteiger charge is 2.39. The van der Waals surface area contributed by atoms with E-state index in [-0.39, 0.29) is 36.0 Å². The molecule has 4 atom stereocenters. The molecule has 1 aliphatic heterocycles. The van der Waals surface area contributed by atoms with Gasteiger partial charge in [-0.05, 0) is 63.2 Å². The molecule has 2 bridgehead atoms. The van der Waals surface area contributed by atoms with E-state index in [1.165, 1.54) is 32.1 Å². The summed E-state index contributed by atoms with van der Waals surface area (Å²) < 4.78 is 5.56. The van der Waals surface area contributed by atoms with E-state index < -0.39 is 0 Å². The van der Waals surface area contributed by atoms with Crippen molar-refractivity contribution in [2.45, 2.75) is 51.9 Å². The van der Waals surface area contributed by atoms with Crippen LogP contribution in [0.15, 0.2) is 4.99 Å². The maximum Gasteiger partial charge on any atom is 0.191 e. The fourth-order valence-electron chi connectivity index (χ4n) is 4.98. The van der Waals surface area contributed by atoms with Gasteiger partial charge in [0.05, 0.1) is 13.2 Å². The van der Waals surface area contributed by atoms with Gasteiger partial charge >= 0.3 is 0 Å². The molecule has 4 unspecified atom stereocenters. The monoisotopic (exact) mass is 465 g/mol. The van der Waals surface area contributed by atoms with Gasteiger partial charge in [0.1, 0.15) is 0 Å². The minimum Gasteiger partial charge on any atom is -0.396 e.